The smallest absolute Gasteiger partial charge is 0.286 e. The van der Waals surface area contributed by atoms with Gasteiger partial charge in [0.25, 0.3) is 5.91 Å². The molecule has 0 aliphatic heterocycles. The lowest BCUT2D eigenvalue weighted by molar-refractivity contribution is -0.0420. The number of pyridine rings is 1. The van der Waals surface area contributed by atoms with Gasteiger partial charge in [0.2, 0.25) is 5.01 Å². The summed E-state index contributed by atoms with van der Waals surface area (Å²) in [4.78, 5) is 16.2. The van der Waals surface area contributed by atoms with Gasteiger partial charge in [0.1, 0.15) is 10.8 Å². The van der Waals surface area contributed by atoms with Crippen molar-refractivity contribution in [2.75, 3.05) is 5.32 Å². The van der Waals surface area contributed by atoms with Gasteiger partial charge >= 0.3 is 0 Å². The summed E-state index contributed by atoms with van der Waals surface area (Å²) in [6.45, 7) is 0. The lowest BCUT2D eigenvalue weighted by atomic mass is 10.1. The predicted molar refractivity (Wildman–Crippen MR) is 89.7 cm³/mol. The molecule has 0 aliphatic carbocycles. The average Bonchev–Trinajstić information content (AvgIpc) is 3.08. The van der Waals surface area contributed by atoms with E-state index in [0.29, 0.717) is 5.01 Å². The fourth-order valence-corrected chi connectivity index (χ4v) is 2.89. The van der Waals surface area contributed by atoms with E-state index in [4.69, 9.17) is 11.6 Å². The molecular formula is C15H10ClFN4O3S. The number of carbonyl (C=O) groups is 1. The monoisotopic (exact) mass is 380 g/mol. The molecule has 7 nitrogen and oxygen atoms in total. The second-order valence-electron chi connectivity index (χ2n) is 4.83. The van der Waals surface area contributed by atoms with E-state index in [0.717, 1.165) is 29.0 Å². The molecule has 0 bridgehead atoms. The number of aromatic nitrogens is 3. The van der Waals surface area contributed by atoms with Crippen LogP contribution in [0.15, 0.2) is 36.7 Å². The van der Waals surface area contributed by atoms with Gasteiger partial charge in [-0.1, -0.05) is 22.9 Å². The van der Waals surface area contributed by atoms with Crippen LogP contribution in [0.4, 0.5) is 10.1 Å². The molecule has 0 fully saturated rings. The van der Waals surface area contributed by atoms with Gasteiger partial charge in [0.05, 0.1) is 10.7 Å². The quantitative estimate of drug-likeness (QED) is 0.600. The molecule has 128 valence electrons. The lowest BCUT2D eigenvalue weighted by Gasteiger charge is -2.12. The van der Waals surface area contributed by atoms with Crippen molar-refractivity contribution >= 4 is 34.5 Å². The predicted octanol–water partition coefficient (Wildman–Crippen LogP) is 2.63. The zero-order valence-electron chi connectivity index (χ0n) is 12.3. The summed E-state index contributed by atoms with van der Waals surface area (Å²) in [5.41, 5.74) is 0.490. The average molecular weight is 381 g/mol. The summed E-state index contributed by atoms with van der Waals surface area (Å²) in [6, 6.07) is 5.38. The van der Waals surface area contributed by atoms with Gasteiger partial charge in [0.15, 0.2) is 6.29 Å². The van der Waals surface area contributed by atoms with Gasteiger partial charge in [-0.3, -0.25) is 9.78 Å². The molecular weight excluding hydrogens is 371 g/mol. The third kappa shape index (κ3) is 3.80. The minimum absolute atomic E-state index is 0.0351. The van der Waals surface area contributed by atoms with Crippen molar-refractivity contribution in [2.45, 2.75) is 6.29 Å². The number of amides is 1. The number of rotatable bonds is 4. The molecule has 0 aliphatic rings. The fourth-order valence-electron chi connectivity index (χ4n) is 1.99. The summed E-state index contributed by atoms with van der Waals surface area (Å²) < 4.78 is 13.5. The van der Waals surface area contributed by atoms with Crippen LogP contribution in [-0.2, 0) is 0 Å². The van der Waals surface area contributed by atoms with E-state index < -0.39 is 18.0 Å². The molecule has 10 heteroatoms. The molecule has 25 heavy (non-hydrogen) atoms. The Kier molecular flexibility index (Phi) is 5.00. The van der Waals surface area contributed by atoms with E-state index in [9.17, 15) is 19.4 Å². The summed E-state index contributed by atoms with van der Waals surface area (Å²) in [5, 5.41) is 29.1. The topological polar surface area (TPSA) is 108 Å². The maximum atomic E-state index is 13.5. The van der Waals surface area contributed by atoms with Crippen LogP contribution in [0.25, 0.3) is 10.6 Å². The van der Waals surface area contributed by atoms with E-state index in [1.165, 1.54) is 0 Å². The summed E-state index contributed by atoms with van der Waals surface area (Å²) in [7, 11) is 0. The molecule has 0 unspecified atom stereocenters. The second-order valence-corrected chi connectivity index (χ2v) is 6.21. The number of anilines is 1. The van der Waals surface area contributed by atoms with Crippen LogP contribution in [0.5, 0.6) is 0 Å². The highest BCUT2D eigenvalue weighted by Crippen LogP contribution is 2.29. The van der Waals surface area contributed by atoms with Crippen LogP contribution < -0.4 is 5.32 Å². The Hall–Kier alpha value is -2.46. The van der Waals surface area contributed by atoms with Gasteiger partial charge < -0.3 is 15.5 Å². The van der Waals surface area contributed by atoms with Crippen molar-refractivity contribution in [3.8, 4) is 10.6 Å². The van der Waals surface area contributed by atoms with E-state index in [1.807, 2.05) is 0 Å². The van der Waals surface area contributed by atoms with Crippen molar-refractivity contribution in [1.29, 1.82) is 0 Å². The maximum absolute atomic E-state index is 13.5. The largest absolute Gasteiger partial charge is 0.364 e. The van der Waals surface area contributed by atoms with Crippen molar-refractivity contribution in [3.05, 3.63) is 58.1 Å². The lowest BCUT2D eigenvalue weighted by Crippen LogP contribution is -2.14. The molecule has 2 heterocycles. The third-order valence-corrected chi connectivity index (χ3v) is 4.43. The minimum atomic E-state index is -1.98. The Morgan fingerprint density at radius 3 is 2.64 bits per heavy atom. The molecule has 1 aromatic carbocycles. The first-order valence-corrected chi connectivity index (χ1v) is 8.05. The van der Waals surface area contributed by atoms with Crippen molar-refractivity contribution in [1.82, 2.24) is 15.2 Å². The standard InChI is InChI=1S/C15H10ClFN4O3S/c16-9-6-11(8(15(23)24)5-10(9)17)19-12(22)14-21-20-13(25-14)7-1-3-18-4-2-7/h1-6,15,23-24H,(H,19,22). The summed E-state index contributed by atoms with van der Waals surface area (Å²) in [6.07, 6.45) is 1.20. The molecule has 3 N–H and O–H groups in total. The first kappa shape index (κ1) is 17.4. The molecule has 0 radical (unpaired) electrons. The number of benzene rings is 1. The second kappa shape index (κ2) is 7.19. The van der Waals surface area contributed by atoms with Crippen LogP contribution in [0, 0.1) is 5.82 Å². The number of nitrogens with one attached hydrogen (secondary N) is 1. The van der Waals surface area contributed by atoms with Crippen LogP contribution in [0.1, 0.15) is 21.7 Å². The van der Waals surface area contributed by atoms with Crippen LogP contribution in [0.2, 0.25) is 5.02 Å². The number of carbonyl (C=O) groups excluding carboxylic acids is 1. The Bertz CT molecular complexity index is 920. The van der Waals surface area contributed by atoms with Crippen molar-refractivity contribution < 1.29 is 19.4 Å². The number of aliphatic hydroxyl groups is 2. The Balaban J connectivity index is 1.86. The number of hydrogen-bond donors (Lipinski definition) is 3. The Morgan fingerprint density at radius 2 is 1.96 bits per heavy atom. The number of aliphatic hydroxyl groups excluding tert-OH is 1. The van der Waals surface area contributed by atoms with E-state index in [-0.39, 0.29) is 21.3 Å². The van der Waals surface area contributed by atoms with Crippen LogP contribution >= 0.6 is 22.9 Å². The number of halogens is 2. The zero-order chi connectivity index (χ0) is 18.0. The zero-order valence-corrected chi connectivity index (χ0v) is 13.9. The Morgan fingerprint density at radius 1 is 1.24 bits per heavy atom. The van der Waals surface area contributed by atoms with E-state index >= 15 is 0 Å². The Labute approximate surface area is 149 Å². The molecule has 2 aromatic heterocycles. The molecule has 0 saturated carbocycles. The molecule has 0 spiro atoms. The summed E-state index contributed by atoms with van der Waals surface area (Å²) >= 11 is 6.72. The van der Waals surface area contributed by atoms with Gasteiger partial charge in [-0.05, 0) is 24.3 Å². The first-order chi connectivity index (χ1) is 12.0. The highest BCUT2D eigenvalue weighted by molar-refractivity contribution is 7.16. The highest BCUT2D eigenvalue weighted by Gasteiger charge is 2.19. The fraction of sp³-hybridized carbons (Fsp3) is 0.0667. The van der Waals surface area contributed by atoms with Gasteiger partial charge in [0, 0.05) is 23.5 Å². The molecule has 3 aromatic rings. The normalized spacial score (nSPS) is 10.9. The number of hydrogen-bond acceptors (Lipinski definition) is 7. The first-order valence-electron chi connectivity index (χ1n) is 6.86. The third-order valence-electron chi connectivity index (χ3n) is 3.17. The van der Waals surface area contributed by atoms with Crippen molar-refractivity contribution in [3.63, 3.8) is 0 Å². The number of nitrogens with zero attached hydrogens (tertiary/aromatic N) is 3. The van der Waals surface area contributed by atoms with Crippen LogP contribution in [-0.4, -0.2) is 31.3 Å². The van der Waals surface area contributed by atoms with E-state index in [1.54, 1.807) is 24.5 Å². The molecule has 3 rings (SSSR count). The van der Waals surface area contributed by atoms with Crippen molar-refractivity contribution in [2.24, 2.45) is 0 Å². The van der Waals surface area contributed by atoms with Gasteiger partial charge in [-0.25, -0.2) is 4.39 Å². The molecule has 1 amide bonds. The minimum Gasteiger partial charge on any atom is -0.364 e. The molecule has 0 atom stereocenters. The van der Waals surface area contributed by atoms with Gasteiger partial charge in [-0.2, -0.15) is 0 Å². The van der Waals surface area contributed by atoms with Crippen LogP contribution in [0.3, 0.4) is 0 Å². The molecule has 0 saturated heterocycles. The summed E-state index contributed by atoms with van der Waals surface area (Å²) in [5.74, 6) is -1.47. The van der Waals surface area contributed by atoms with E-state index in [2.05, 4.69) is 20.5 Å². The van der Waals surface area contributed by atoms with Gasteiger partial charge in [-0.15, -0.1) is 10.2 Å². The highest BCUT2D eigenvalue weighted by atomic mass is 35.5. The SMILES string of the molecule is O=C(Nc1cc(Cl)c(F)cc1C(O)O)c1nnc(-c2ccncc2)s1. The maximum Gasteiger partial charge on any atom is 0.286 e.